The molecule has 0 aromatic carbocycles. The van der Waals surface area contributed by atoms with Crippen molar-refractivity contribution in [3.8, 4) is 0 Å². The van der Waals surface area contributed by atoms with E-state index < -0.39 is 8.32 Å². The summed E-state index contributed by atoms with van der Waals surface area (Å²) in [6, 6.07) is 3.09. The number of hydrogen-bond donors (Lipinski definition) is 0. The van der Waals surface area contributed by atoms with Gasteiger partial charge >= 0.3 is 5.97 Å². The van der Waals surface area contributed by atoms with E-state index in [0.29, 0.717) is 5.57 Å². The molecule has 0 heterocycles. The summed E-state index contributed by atoms with van der Waals surface area (Å²) < 4.78 is 5.64. The number of hydrogen-bond acceptors (Lipinski definition) is 2. The first-order valence-electron chi connectivity index (χ1n) is 5.40. The van der Waals surface area contributed by atoms with Crippen molar-refractivity contribution in [3.63, 3.8) is 0 Å². The zero-order chi connectivity index (χ0) is 11.2. The van der Waals surface area contributed by atoms with E-state index in [2.05, 4.69) is 27.4 Å². The molecule has 2 nitrogen and oxygen atoms in total. The maximum atomic E-state index is 11.5. The summed E-state index contributed by atoms with van der Waals surface area (Å²) in [6.07, 6.45) is 1.09. The molecule has 0 aromatic rings. The van der Waals surface area contributed by atoms with Gasteiger partial charge in [0, 0.05) is 5.57 Å². The molecule has 0 fully saturated rings. The Kier molecular flexibility index (Phi) is 5.77. The zero-order valence-electron chi connectivity index (χ0n) is 9.85. The van der Waals surface area contributed by atoms with Crippen molar-refractivity contribution in [2.75, 3.05) is 0 Å². The van der Waals surface area contributed by atoms with Crippen LogP contribution in [0.5, 0.6) is 0 Å². The van der Waals surface area contributed by atoms with Crippen molar-refractivity contribution in [3.05, 3.63) is 12.2 Å². The predicted octanol–water partition coefficient (Wildman–Crippen LogP) is 3.50. The molecule has 82 valence electrons. The first-order chi connectivity index (χ1) is 6.51. The van der Waals surface area contributed by atoms with Gasteiger partial charge in [-0.15, -0.1) is 0 Å². The molecule has 3 heteroatoms. The average molecular weight is 214 g/mol. The zero-order valence-corrected chi connectivity index (χ0v) is 10.9. The number of rotatable bonds is 6. The van der Waals surface area contributed by atoms with Gasteiger partial charge in [-0.3, -0.25) is 0 Å². The van der Waals surface area contributed by atoms with Gasteiger partial charge in [0.25, 0.3) is 8.32 Å². The molecule has 0 aliphatic heterocycles. The first-order valence-corrected chi connectivity index (χ1v) is 7.93. The summed E-state index contributed by atoms with van der Waals surface area (Å²) in [4.78, 5) is 11.5. The molecule has 0 aromatic heterocycles. The van der Waals surface area contributed by atoms with E-state index >= 15 is 0 Å². The largest absolute Gasteiger partial charge is 0.516 e. The summed E-state index contributed by atoms with van der Waals surface area (Å²) in [5, 5.41) is 0. The minimum atomic E-state index is -1.78. The van der Waals surface area contributed by atoms with E-state index in [1.165, 1.54) is 0 Å². The van der Waals surface area contributed by atoms with Gasteiger partial charge in [0.05, 0.1) is 0 Å². The summed E-state index contributed by atoms with van der Waals surface area (Å²) in [6.45, 7) is 11.7. The SMILES string of the molecule is C=C(C)C(=O)O[Si](CC)(CC)CCC. The van der Waals surface area contributed by atoms with Crippen LogP contribution in [0.3, 0.4) is 0 Å². The van der Waals surface area contributed by atoms with Crippen molar-refractivity contribution in [2.45, 2.75) is 52.2 Å². The van der Waals surface area contributed by atoms with Gasteiger partial charge in [-0.25, -0.2) is 4.79 Å². The predicted molar refractivity (Wildman–Crippen MR) is 62.7 cm³/mol. The fourth-order valence-electron chi connectivity index (χ4n) is 1.54. The van der Waals surface area contributed by atoms with Crippen LogP contribution in [0.15, 0.2) is 12.2 Å². The second-order valence-corrected chi connectivity index (χ2v) is 8.29. The minimum Gasteiger partial charge on any atom is -0.516 e. The van der Waals surface area contributed by atoms with Crippen molar-refractivity contribution in [2.24, 2.45) is 0 Å². The molecule has 0 unspecified atom stereocenters. The smallest absolute Gasteiger partial charge is 0.319 e. The molecular formula is C11H22O2Si. The fraction of sp³-hybridized carbons (Fsp3) is 0.727. The monoisotopic (exact) mass is 214 g/mol. The van der Waals surface area contributed by atoms with Crippen LogP contribution in [0.4, 0.5) is 0 Å². The molecule has 0 rings (SSSR count). The van der Waals surface area contributed by atoms with E-state index in [1.807, 2.05) is 0 Å². The van der Waals surface area contributed by atoms with Crippen molar-refractivity contribution >= 4 is 14.3 Å². The molecule has 0 saturated heterocycles. The topological polar surface area (TPSA) is 26.3 Å². The lowest BCUT2D eigenvalue weighted by Gasteiger charge is -2.28. The van der Waals surface area contributed by atoms with E-state index in [-0.39, 0.29) is 5.97 Å². The molecule has 0 aliphatic carbocycles. The maximum Gasteiger partial charge on any atom is 0.319 e. The third-order valence-electron chi connectivity index (χ3n) is 2.65. The van der Waals surface area contributed by atoms with Gasteiger partial charge in [0.15, 0.2) is 0 Å². The second kappa shape index (κ2) is 6.01. The van der Waals surface area contributed by atoms with Gasteiger partial charge in [0.1, 0.15) is 0 Å². The van der Waals surface area contributed by atoms with Crippen LogP contribution in [0.25, 0.3) is 0 Å². The Bertz CT molecular complexity index is 207. The van der Waals surface area contributed by atoms with Crippen molar-refractivity contribution < 1.29 is 9.22 Å². The van der Waals surface area contributed by atoms with Crippen LogP contribution in [-0.2, 0) is 9.22 Å². The Hall–Kier alpha value is -0.573. The highest BCUT2D eigenvalue weighted by molar-refractivity contribution is 6.75. The van der Waals surface area contributed by atoms with E-state index in [4.69, 9.17) is 4.43 Å². The third kappa shape index (κ3) is 3.66. The summed E-state index contributed by atoms with van der Waals surface area (Å²) in [5.41, 5.74) is 0.514. The fourth-order valence-corrected chi connectivity index (χ4v) is 4.61. The van der Waals surface area contributed by atoms with E-state index in [9.17, 15) is 4.79 Å². The molecular weight excluding hydrogens is 192 g/mol. The molecule has 0 aliphatic rings. The van der Waals surface area contributed by atoms with Gasteiger partial charge in [-0.05, 0) is 25.1 Å². The van der Waals surface area contributed by atoms with Crippen LogP contribution in [0.1, 0.15) is 34.1 Å². The van der Waals surface area contributed by atoms with Crippen LogP contribution < -0.4 is 0 Å². The van der Waals surface area contributed by atoms with Crippen LogP contribution in [0, 0.1) is 0 Å². The standard InChI is InChI=1S/C11H22O2Si/c1-6-9-14(7-2,8-3)13-11(12)10(4)5/h4,6-9H2,1-3,5H3. The van der Waals surface area contributed by atoms with Crippen LogP contribution in [0.2, 0.25) is 18.1 Å². The van der Waals surface area contributed by atoms with Gasteiger partial charge < -0.3 is 4.43 Å². The molecule has 0 bridgehead atoms. The Labute approximate surface area is 88.5 Å². The van der Waals surface area contributed by atoms with Crippen LogP contribution >= 0.6 is 0 Å². The Balaban J connectivity index is 4.49. The lowest BCUT2D eigenvalue weighted by molar-refractivity contribution is -0.131. The third-order valence-corrected chi connectivity index (χ3v) is 7.26. The van der Waals surface area contributed by atoms with Gasteiger partial charge in [-0.1, -0.05) is 33.8 Å². The Morgan fingerprint density at radius 1 is 1.29 bits per heavy atom. The average Bonchev–Trinajstić information content (AvgIpc) is 2.16. The first kappa shape index (κ1) is 13.4. The summed E-state index contributed by atoms with van der Waals surface area (Å²) in [7, 11) is -1.78. The highest BCUT2D eigenvalue weighted by Gasteiger charge is 2.33. The lowest BCUT2D eigenvalue weighted by atomic mass is 10.4. The van der Waals surface area contributed by atoms with E-state index in [0.717, 1.165) is 24.6 Å². The summed E-state index contributed by atoms with van der Waals surface area (Å²) in [5.74, 6) is -0.200. The Morgan fingerprint density at radius 2 is 1.79 bits per heavy atom. The maximum absolute atomic E-state index is 11.5. The highest BCUT2D eigenvalue weighted by atomic mass is 28.4. The molecule has 0 spiro atoms. The number of carbonyl (C=O) groups excluding carboxylic acids is 1. The normalized spacial score (nSPS) is 11.1. The van der Waals surface area contributed by atoms with Crippen molar-refractivity contribution in [1.29, 1.82) is 0 Å². The Morgan fingerprint density at radius 3 is 2.07 bits per heavy atom. The molecule has 0 N–H and O–H groups in total. The van der Waals surface area contributed by atoms with E-state index in [1.54, 1.807) is 6.92 Å². The second-order valence-electron chi connectivity index (χ2n) is 3.81. The van der Waals surface area contributed by atoms with Crippen LogP contribution in [-0.4, -0.2) is 14.3 Å². The minimum absolute atomic E-state index is 0.200. The van der Waals surface area contributed by atoms with Gasteiger partial charge in [0.2, 0.25) is 0 Å². The lowest BCUT2D eigenvalue weighted by Crippen LogP contribution is -2.38. The molecule has 0 atom stereocenters. The quantitative estimate of drug-likeness (QED) is 0.499. The van der Waals surface area contributed by atoms with Crippen molar-refractivity contribution in [1.82, 2.24) is 0 Å². The molecule has 0 saturated carbocycles. The van der Waals surface area contributed by atoms with Gasteiger partial charge in [-0.2, -0.15) is 0 Å². The molecule has 0 radical (unpaired) electrons. The molecule has 0 amide bonds. The highest BCUT2D eigenvalue weighted by Crippen LogP contribution is 2.24. The summed E-state index contributed by atoms with van der Waals surface area (Å²) >= 11 is 0. The number of carbonyl (C=O) groups is 1. The molecule has 14 heavy (non-hydrogen) atoms.